The van der Waals surface area contributed by atoms with E-state index in [0.717, 1.165) is 23.6 Å². The van der Waals surface area contributed by atoms with Gasteiger partial charge in [0.1, 0.15) is 0 Å². The van der Waals surface area contributed by atoms with E-state index in [1.807, 2.05) is 24.3 Å². The fraction of sp³-hybridized carbons (Fsp3) is 0.632. The summed E-state index contributed by atoms with van der Waals surface area (Å²) >= 11 is 0. The van der Waals surface area contributed by atoms with E-state index in [0.29, 0.717) is 12.0 Å². The Balaban J connectivity index is 0.00000364. The van der Waals surface area contributed by atoms with Crippen LogP contribution in [0.25, 0.3) is 0 Å². The number of sulfonamides is 1. The van der Waals surface area contributed by atoms with Crippen molar-refractivity contribution in [1.29, 1.82) is 0 Å². The fourth-order valence-electron chi connectivity index (χ4n) is 3.58. The molecule has 1 fully saturated rings. The van der Waals surface area contributed by atoms with Gasteiger partial charge >= 0.3 is 0 Å². The van der Waals surface area contributed by atoms with Gasteiger partial charge in [0.25, 0.3) is 0 Å². The van der Waals surface area contributed by atoms with E-state index in [2.05, 4.69) is 27.3 Å². The fourth-order valence-corrected chi connectivity index (χ4v) is 4.34. The summed E-state index contributed by atoms with van der Waals surface area (Å²) in [6.45, 7) is 3.82. The normalized spacial score (nSPS) is 16.6. The van der Waals surface area contributed by atoms with Crippen LogP contribution in [0.15, 0.2) is 29.3 Å². The molecule has 3 N–H and O–H groups in total. The Hall–Kier alpha value is -0.870. The van der Waals surface area contributed by atoms with E-state index >= 15 is 0 Å². The summed E-state index contributed by atoms with van der Waals surface area (Å²) in [6, 6.07) is 7.62. The van der Waals surface area contributed by atoms with Gasteiger partial charge in [0.2, 0.25) is 10.0 Å². The van der Waals surface area contributed by atoms with Gasteiger partial charge in [-0.2, -0.15) is 0 Å². The highest BCUT2D eigenvalue weighted by molar-refractivity contribution is 14.0. The summed E-state index contributed by atoms with van der Waals surface area (Å²) in [5.74, 6) is 0.779. The molecule has 0 aliphatic heterocycles. The van der Waals surface area contributed by atoms with Crippen molar-refractivity contribution in [3.8, 4) is 0 Å². The average Bonchev–Trinajstić information content (AvgIpc) is 3.11. The number of guanidine groups is 1. The number of hydrogen-bond donors (Lipinski definition) is 3. The molecule has 0 radical (unpaired) electrons. The second-order valence-electron chi connectivity index (χ2n) is 7.12. The molecule has 154 valence electrons. The van der Waals surface area contributed by atoms with Crippen LogP contribution in [0.4, 0.5) is 0 Å². The Bertz CT molecular complexity index is 716. The lowest BCUT2D eigenvalue weighted by Crippen LogP contribution is -2.42. The maximum Gasteiger partial charge on any atom is 0.215 e. The van der Waals surface area contributed by atoms with Gasteiger partial charge < -0.3 is 10.6 Å². The van der Waals surface area contributed by atoms with Crippen molar-refractivity contribution >= 4 is 40.0 Å². The number of benzene rings is 1. The summed E-state index contributed by atoms with van der Waals surface area (Å²) in [6.07, 6.45) is 6.41. The first-order valence-corrected chi connectivity index (χ1v) is 11.0. The molecular weight excluding hydrogens is 475 g/mol. The van der Waals surface area contributed by atoms with E-state index < -0.39 is 10.0 Å². The minimum atomic E-state index is -3.26. The zero-order chi connectivity index (χ0) is 19.0. The van der Waals surface area contributed by atoms with Crippen molar-refractivity contribution < 1.29 is 8.42 Å². The van der Waals surface area contributed by atoms with Gasteiger partial charge in [-0.3, -0.25) is 4.99 Å². The van der Waals surface area contributed by atoms with E-state index in [1.54, 1.807) is 7.05 Å². The number of hydrogen-bond acceptors (Lipinski definition) is 3. The molecule has 0 amide bonds. The number of rotatable bonds is 8. The molecule has 8 heteroatoms. The monoisotopic (exact) mass is 508 g/mol. The van der Waals surface area contributed by atoms with Crippen molar-refractivity contribution in [3.63, 3.8) is 0 Å². The molecule has 0 atom stereocenters. The third-order valence-electron chi connectivity index (χ3n) is 5.39. The van der Waals surface area contributed by atoms with Crippen molar-refractivity contribution in [2.45, 2.75) is 51.3 Å². The van der Waals surface area contributed by atoms with Crippen LogP contribution >= 0.6 is 24.0 Å². The molecule has 27 heavy (non-hydrogen) atoms. The molecule has 0 aromatic heterocycles. The molecule has 0 unspecified atom stereocenters. The number of aliphatic imine (C=N–C) groups is 1. The maximum absolute atomic E-state index is 11.7. The Kier molecular flexibility index (Phi) is 10.0. The summed E-state index contributed by atoms with van der Waals surface area (Å²) in [5, 5.41) is 6.80. The summed E-state index contributed by atoms with van der Waals surface area (Å²) < 4.78 is 25.8. The molecule has 2 rings (SSSR count). The lowest BCUT2D eigenvalue weighted by molar-refractivity contribution is 0.283. The van der Waals surface area contributed by atoms with Crippen LogP contribution in [0.1, 0.15) is 50.2 Å². The van der Waals surface area contributed by atoms with Gasteiger partial charge in [-0.1, -0.05) is 44.0 Å². The molecule has 0 saturated heterocycles. The van der Waals surface area contributed by atoms with Crippen LogP contribution in [-0.4, -0.2) is 35.0 Å². The first kappa shape index (κ1) is 24.2. The topological polar surface area (TPSA) is 82.6 Å². The van der Waals surface area contributed by atoms with Crippen LogP contribution in [0, 0.1) is 5.41 Å². The molecule has 1 saturated carbocycles. The smallest absolute Gasteiger partial charge is 0.215 e. The molecular formula is C19H33IN4O2S. The summed E-state index contributed by atoms with van der Waals surface area (Å²) in [7, 11) is -0.0490. The SMILES string of the molecule is CCC1(CNC(=NC)NCc2cccc(CS(=O)(=O)NC)c2)CCCC1.I. The highest BCUT2D eigenvalue weighted by atomic mass is 127. The van der Waals surface area contributed by atoms with E-state index in [9.17, 15) is 8.42 Å². The minimum Gasteiger partial charge on any atom is -0.356 e. The predicted molar refractivity (Wildman–Crippen MR) is 123 cm³/mol. The quantitative estimate of drug-likeness (QED) is 0.287. The molecule has 1 aromatic rings. The first-order valence-electron chi connectivity index (χ1n) is 9.35. The third kappa shape index (κ3) is 7.57. The minimum absolute atomic E-state index is 0. The largest absolute Gasteiger partial charge is 0.356 e. The van der Waals surface area contributed by atoms with Crippen molar-refractivity contribution in [3.05, 3.63) is 35.4 Å². The molecule has 1 aromatic carbocycles. The van der Waals surface area contributed by atoms with Crippen LogP contribution in [0.5, 0.6) is 0 Å². The van der Waals surface area contributed by atoms with Gasteiger partial charge in [0.05, 0.1) is 5.75 Å². The maximum atomic E-state index is 11.7. The van der Waals surface area contributed by atoms with Crippen molar-refractivity contribution in [2.75, 3.05) is 20.6 Å². The second-order valence-corrected chi connectivity index (χ2v) is 9.05. The van der Waals surface area contributed by atoms with Gasteiger partial charge in [-0.25, -0.2) is 13.1 Å². The molecule has 1 aliphatic rings. The molecule has 0 bridgehead atoms. The standard InChI is InChI=1S/C19H32N4O2S.HI/c1-4-19(10-5-6-11-19)15-23-18(20-2)22-13-16-8-7-9-17(12-16)14-26(24,25)21-3;/h7-9,12,21H,4-6,10-11,13-15H2,1-3H3,(H2,20,22,23);1H. The number of nitrogens with zero attached hydrogens (tertiary/aromatic N) is 1. The van der Waals surface area contributed by atoms with Crippen molar-refractivity contribution in [2.24, 2.45) is 10.4 Å². The Morgan fingerprint density at radius 2 is 1.85 bits per heavy atom. The zero-order valence-corrected chi connectivity index (χ0v) is 19.7. The molecule has 1 aliphatic carbocycles. The lowest BCUT2D eigenvalue weighted by Gasteiger charge is -2.28. The second kappa shape index (κ2) is 11.2. The van der Waals surface area contributed by atoms with Gasteiger partial charge in [-0.05, 0) is 42.9 Å². The third-order valence-corrected chi connectivity index (χ3v) is 6.72. The molecule has 6 nitrogen and oxygen atoms in total. The molecule has 0 spiro atoms. The van der Waals surface area contributed by atoms with Crippen LogP contribution in [0.3, 0.4) is 0 Å². The van der Waals surface area contributed by atoms with E-state index in [4.69, 9.17) is 0 Å². The predicted octanol–water partition coefficient (Wildman–Crippen LogP) is 2.99. The lowest BCUT2D eigenvalue weighted by atomic mass is 9.83. The van der Waals surface area contributed by atoms with Crippen LogP contribution in [0.2, 0.25) is 0 Å². The highest BCUT2D eigenvalue weighted by Gasteiger charge is 2.31. The van der Waals surface area contributed by atoms with Crippen LogP contribution in [-0.2, 0) is 22.3 Å². The number of halogens is 1. The van der Waals surface area contributed by atoms with Gasteiger partial charge in [0, 0.05) is 20.1 Å². The van der Waals surface area contributed by atoms with Crippen molar-refractivity contribution in [1.82, 2.24) is 15.4 Å². The Labute approximate surface area is 181 Å². The van der Waals surface area contributed by atoms with Crippen LogP contribution < -0.4 is 15.4 Å². The van der Waals surface area contributed by atoms with Gasteiger partial charge in [-0.15, -0.1) is 24.0 Å². The zero-order valence-electron chi connectivity index (χ0n) is 16.5. The Morgan fingerprint density at radius 1 is 1.19 bits per heavy atom. The Morgan fingerprint density at radius 3 is 2.44 bits per heavy atom. The summed E-state index contributed by atoms with van der Waals surface area (Å²) in [4.78, 5) is 4.31. The van der Waals surface area contributed by atoms with E-state index in [1.165, 1.54) is 39.2 Å². The first-order chi connectivity index (χ1) is 12.4. The average molecular weight is 508 g/mol. The molecule has 0 heterocycles. The number of nitrogens with one attached hydrogen (secondary N) is 3. The summed E-state index contributed by atoms with van der Waals surface area (Å²) in [5.41, 5.74) is 2.21. The highest BCUT2D eigenvalue weighted by Crippen LogP contribution is 2.40. The van der Waals surface area contributed by atoms with E-state index in [-0.39, 0.29) is 29.7 Å². The van der Waals surface area contributed by atoms with Gasteiger partial charge in [0.15, 0.2) is 5.96 Å².